The summed E-state index contributed by atoms with van der Waals surface area (Å²) >= 11 is 0. The fourth-order valence-corrected chi connectivity index (χ4v) is 3.67. The molecule has 2 N–H and O–H groups in total. The van der Waals surface area contributed by atoms with Gasteiger partial charge in [0.15, 0.2) is 0 Å². The lowest BCUT2D eigenvalue weighted by Gasteiger charge is -2.38. The molecule has 5 heteroatoms. The molecule has 0 saturated carbocycles. The average Bonchev–Trinajstić information content (AvgIpc) is 2.59. The molecule has 3 rings (SSSR count). The largest absolute Gasteiger partial charge is 0.352 e. The van der Waals surface area contributed by atoms with Crippen molar-refractivity contribution >= 4 is 5.91 Å². The van der Waals surface area contributed by atoms with E-state index < -0.39 is 0 Å². The van der Waals surface area contributed by atoms with Crippen LogP contribution >= 0.6 is 0 Å². The van der Waals surface area contributed by atoms with E-state index in [2.05, 4.69) is 33.5 Å². The minimum atomic E-state index is 0.0162. The van der Waals surface area contributed by atoms with E-state index in [4.69, 9.17) is 0 Å². The van der Waals surface area contributed by atoms with Gasteiger partial charge in [-0.2, -0.15) is 0 Å². The summed E-state index contributed by atoms with van der Waals surface area (Å²) in [6, 6.07) is 6.38. The van der Waals surface area contributed by atoms with E-state index in [1.807, 2.05) is 18.3 Å². The highest BCUT2D eigenvalue weighted by atomic mass is 16.2. The Hall–Kier alpha value is -1.46. The zero-order chi connectivity index (χ0) is 16.1. The number of carbonyl (C=O) groups is 1. The third-order valence-corrected chi connectivity index (χ3v) is 5.06. The molecular formula is C18H28N4O. The fraction of sp³-hybridized carbons (Fsp3) is 0.667. The van der Waals surface area contributed by atoms with Gasteiger partial charge in [0.25, 0.3) is 0 Å². The summed E-state index contributed by atoms with van der Waals surface area (Å²) in [6.07, 6.45) is 6.18. The van der Waals surface area contributed by atoms with Crippen LogP contribution in [0.3, 0.4) is 0 Å². The Balaban J connectivity index is 1.47. The molecular weight excluding hydrogens is 288 g/mol. The Kier molecular flexibility index (Phi) is 5.62. The first-order chi connectivity index (χ1) is 11.2. The van der Waals surface area contributed by atoms with E-state index in [1.165, 1.54) is 6.42 Å². The number of amides is 1. The summed E-state index contributed by atoms with van der Waals surface area (Å²) in [4.78, 5) is 19.2. The number of pyridine rings is 1. The molecule has 0 aliphatic carbocycles. The van der Waals surface area contributed by atoms with E-state index in [0.717, 1.165) is 51.1 Å². The van der Waals surface area contributed by atoms with Gasteiger partial charge < -0.3 is 10.6 Å². The van der Waals surface area contributed by atoms with Crippen molar-refractivity contribution in [3.63, 3.8) is 0 Å². The lowest BCUT2D eigenvalue weighted by Crippen LogP contribution is -2.54. The van der Waals surface area contributed by atoms with E-state index in [0.29, 0.717) is 12.0 Å². The number of piperidine rings is 2. The summed E-state index contributed by atoms with van der Waals surface area (Å²) < 4.78 is 0. The van der Waals surface area contributed by atoms with Crippen LogP contribution in [0.4, 0.5) is 0 Å². The lowest BCUT2D eigenvalue weighted by atomic mass is 9.93. The zero-order valence-corrected chi connectivity index (χ0v) is 14.0. The second-order valence-electron chi connectivity index (χ2n) is 6.94. The number of hydrogen-bond donors (Lipinski definition) is 2. The van der Waals surface area contributed by atoms with E-state index >= 15 is 0 Å². The normalized spacial score (nSPS) is 29.2. The van der Waals surface area contributed by atoms with Crippen molar-refractivity contribution in [3.05, 3.63) is 30.1 Å². The van der Waals surface area contributed by atoms with Crippen molar-refractivity contribution in [2.45, 2.75) is 51.2 Å². The Labute approximate surface area is 138 Å². The quantitative estimate of drug-likeness (QED) is 0.885. The molecule has 5 nitrogen and oxygen atoms in total. The SMILES string of the molecule is CC1CN(Cc2ccccn2)CCC1NC(=O)C1CCCCN1. The molecule has 3 atom stereocenters. The minimum Gasteiger partial charge on any atom is -0.352 e. The van der Waals surface area contributed by atoms with Crippen LogP contribution in [0.5, 0.6) is 0 Å². The van der Waals surface area contributed by atoms with E-state index in [-0.39, 0.29) is 11.9 Å². The number of likely N-dealkylation sites (tertiary alicyclic amines) is 1. The standard InChI is InChI=1S/C18H28N4O/c1-14-12-22(13-15-6-2-4-9-19-15)11-8-16(14)21-18(23)17-7-3-5-10-20-17/h2,4,6,9,14,16-17,20H,3,5,7-8,10-13H2,1H3,(H,21,23). The van der Waals surface area contributed by atoms with Gasteiger partial charge in [-0.15, -0.1) is 0 Å². The highest BCUT2D eigenvalue weighted by molar-refractivity contribution is 5.82. The van der Waals surface area contributed by atoms with Gasteiger partial charge in [0.05, 0.1) is 11.7 Å². The van der Waals surface area contributed by atoms with Gasteiger partial charge in [-0.1, -0.05) is 19.4 Å². The summed E-state index contributed by atoms with van der Waals surface area (Å²) in [6.45, 7) is 6.14. The third-order valence-electron chi connectivity index (χ3n) is 5.06. The molecule has 0 bridgehead atoms. The van der Waals surface area contributed by atoms with Crippen molar-refractivity contribution in [1.29, 1.82) is 0 Å². The third kappa shape index (κ3) is 4.52. The molecule has 3 unspecified atom stereocenters. The molecule has 1 aromatic rings. The highest BCUT2D eigenvalue weighted by Crippen LogP contribution is 2.19. The van der Waals surface area contributed by atoms with Crippen molar-refractivity contribution in [3.8, 4) is 0 Å². The van der Waals surface area contributed by atoms with E-state index in [1.54, 1.807) is 0 Å². The average molecular weight is 316 g/mol. The van der Waals surface area contributed by atoms with Gasteiger partial charge in [-0.25, -0.2) is 0 Å². The number of carbonyl (C=O) groups excluding carboxylic acids is 1. The Morgan fingerprint density at radius 1 is 1.39 bits per heavy atom. The van der Waals surface area contributed by atoms with Gasteiger partial charge in [0.1, 0.15) is 0 Å². The molecule has 1 aromatic heterocycles. The molecule has 0 aromatic carbocycles. The van der Waals surface area contributed by atoms with Gasteiger partial charge >= 0.3 is 0 Å². The number of hydrogen-bond acceptors (Lipinski definition) is 4. The van der Waals surface area contributed by atoms with Gasteiger partial charge in [-0.3, -0.25) is 14.7 Å². The smallest absolute Gasteiger partial charge is 0.237 e. The molecule has 23 heavy (non-hydrogen) atoms. The predicted octanol–water partition coefficient (Wildman–Crippen LogP) is 1.55. The molecule has 0 radical (unpaired) electrons. The van der Waals surface area contributed by atoms with E-state index in [9.17, 15) is 4.79 Å². The molecule has 2 aliphatic rings. The number of nitrogens with zero attached hydrogens (tertiary/aromatic N) is 2. The number of nitrogens with one attached hydrogen (secondary N) is 2. The predicted molar refractivity (Wildman–Crippen MR) is 90.9 cm³/mol. The van der Waals surface area contributed by atoms with Crippen LogP contribution in [-0.2, 0) is 11.3 Å². The van der Waals surface area contributed by atoms with Crippen LogP contribution in [0.25, 0.3) is 0 Å². The van der Waals surface area contributed by atoms with Gasteiger partial charge in [0.2, 0.25) is 5.91 Å². The first-order valence-corrected chi connectivity index (χ1v) is 8.88. The second kappa shape index (κ2) is 7.88. The fourth-order valence-electron chi connectivity index (χ4n) is 3.67. The van der Waals surface area contributed by atoms with Crippen LogP contribution in [0.2, 0.25) is 0 Å². The summed E-state index contributed by atoms with van der Waals surface area (Å²) in [5.41, 5.74) is 1.12. The van der Waals surface area contributed by atoms with Crippen molar-refractivity contribution in [2.75, 3.05) is 19.6 Å². The van der Waals surface area contributed by atoms with Crippen LogP contribution in [0, 0.1) is 5.92 Å². The lowest BCUT2D eigenvalue weighted by molar-refractivity contribution is -0.125. The molecule has 3 heterocycles. The minimum absolute atomic E-state index is 0.0162. The zero-order valence-electron chi connectivity index (χ0n) is 14.0. The summed E-state index contributed by atoms with van der Waals surface area (Å²) in [5, 5.41) is 6.61. The maximum absolute atomic E-state index is 12.4. The molecule has 0 spiro atoms. The summed E-state index contributed by atoms with van der Waals surface area (Å²) in [5.74, 6) is 0.666. The first-order valence-electron chi connectivity index (χ1n) is 8.88. The van der Waals surface area contributed by atoms with Crippen molar-refractivity contribution in [2.24, 2.45) is 5.92 Å². The first kappa shape index (κ1) is 16.4. The molecule has 2 fully saturated rings. The Morgan fingerprint density at radius 3 is 3.00 bits per heavy atom. The number of rotatable bonds is 4. The van der Waals surface area contributed by atoms with Crippen molar-refractivity contribution < 1.29 is 4.79 Å². The van der Waals surface area contributed by atoms with Crippen LogP contribution < -0.4 is 10.6 Å². The number of aromatic nitrogens is 1. The molecule has 2 saturated heterocycles. The van der Waals surface area contributed by atoms with Crippen LogP contribution in [-0.4, -0.2) is 47.5 Å². The molecule has 126 valence electrons. The maximum Gasteiger partial charge on any atom is 0.237 e. The highest BCUT2D eigenvalue weighted by Gasteiger charge is 2.29. The topological polar surface area (TPSA) is 57.3 Å². The van der Waals surface area contributed by atoms with Crippen molar-refractivity contribution in [1.82, 2.24) is 20.5 Å². The van der Waals surface area contributed by atoms with Crippen LogP contribution in [0.15, 0.2) is 24.4 Å². The maximum atomic E-state index is 12.4. The Morgan fingerprint density at radius 2 is 2.30 bits per heavy atom. The summed E-state index contributed by atoms with van der Waals surface area (Å²) in [7, 11) is 0. The molecule has 2 aliphatic heterocycles. The molecule has 1 amide bonds. The van der Waals surface area contributed by atoms with Gasteiger partial charge in [-0.05, 0) is 43.9 Å². The monoisotopic (exact) mass is 316 g/mol. The Bertz CT molecular complexity index is 501. The van der Waals surface area contributed by atoms with Crippen LogP contribution in [0.1, 0.15) is 38.3 Å². The second-order valence-corrected chi connectivity index (χ2v) is 6.94. The van der Waals surface area contributed by atoms with Gasteiger partial charge in [0, 0.05) is 31.9 Å².